The zero-order chi connectivity index (χ0) is 10.9. The Kier molecular flexibility index (Phi) is 2.76. The molecule has 1 heterocycles. The molecule has 0 aliphatic rings. The first-order chi connectivity index (χ1) is 6.32. The normalized spacial score (nSPS) is 12.1. The molecule has 0 fully saturated rings. The van der Waals surface area contributed by atoms with E-state index in [4.69, 9.17) is 0 Å². The van der Waals surface area contributed by atoms with Gasteiger partial charge in [0.05, 0.1) is 5.56 Å². The Bertz CT molecular complexity index is 446. The van der Waals surface area contributed by atoms with Crippen LogP contribution in [0, 0.1) is 5.95 Å². The van der Waals surface area contributed by atoms with E-state index in [0.29, 0.717) is 12.1 Å². The van der Waals surface area contributed by atoms with Crippen molar-refractivity contribution in [3.63, 3.8) is 0 Å². The van der Waals surface area contributed by atoms with E-state index >= 15 is 0 Å². The topological polar surface area (TPSA) is 73.1 Å². The van der Waals surface area contributed by atoms with Crippen LogP contribution in [0.4, 0.5) is 13.2 Å². The van der Waals surface area contributed by atoms with Crippen molar-refractivity contribution in [2.24, 2.45) is 5.14 Å². The molecule has 0 atom stereocenters. The molecule has 1 aromatic rings. The van der Waals surface area contributed by atoms with Crippen LogP contribution in [0.25, 0.3) is 0 Å². The summed E-state index contributed by atoms with van der Waals surface area (Å²) in [7, 11) is -4.43. The van der Waals surface area contributed by atoms with Crippen LogP contribution < -0.4 is 5.14 Å². The smallest absolute Gasteiger partial charge is 0.223 e. The van der Waals surface area contributed by atoms with E-state index in [1.165, 1.54) is 0 Å². The van der Waals surface area contributed by atoms with Crippen molar-refractivity contribution in [1.82, 2.24) is 4.98 Å². The summed E-state index contributed by atoms with van der Waals surface area (Å²) in [6, 6.07) is 1.27. The van der Waals surface area contributed by atoms with Gasteiger partial charge in [0.15, 0.2) is 5.03 Å². The summed E-state index contributed by atoms with van der Waals surface area (Å²) < 4.78 is 58.3. The van der Waals surface area contributed by atoms with Crippen LogP contribution in [0.5, 0.6) is 0 Å². The first-order valence-electron chi connectivity index (χ1n) is 3.30. The number of pyridine rings is 1. The number of rotatable bonds is 2. The van der Waals surface area contributed by atoms with Crippen molar-refractivity contribution in [1.29, 1.82) is 0 Å². The van der Waals surface area contributed by atoms with Gasteiger partial charge in [0.1, 0.15) is 0 Å². The van der Waals surface area contributed by atoms with E-state index in [1.807, 2.05) is 0 Å². The Morgan fingerprint density at radius 1 is 1.36 bits per heavy atom. The van der Waals surface area contributed by atoms with Crippen molar-refractivity contribution >= 4 is 10.0 Å². The zero-order valence-electron chi connectivity index (χ0n) is 6.62. The van der Waals surface area contributed by atoms with Crippen LogP contribution in [0.15, 0.2) is 17.2 Å². The molecule has 0 radical (unpaired) electrons. The molecule has 14 heavy (non-hydrogen) atoms. The number of hydrogen-bond acceptors (Lipinski definition) is 3. The first kappa shape index (κ1) is 10.9. The van der Waals surface area contributed by atoms with E-state index in [-0.39, 0.29) is 0 Å². The van der Waals surface area contributed by atoms with Crippen LogP contribution in [-0.2, 0) is 10.0 Å². The fourth-order valence-corrected chi connectivity index (χ4v) is 1.52. The van der Waals surface area contributed by atoms with Gasteiger partial charge in [0, 0.05) is 0 Å². The number of nitrogens with zero attached hydrogens (tertiary/aromatic N) is 1. The van der Waals surface area contributed by atoms with E-state index < -0.39 is 33.0 Å². The molecular weight excluding hydrogens is 221 g/mol. The van der Waals surface area contributed by atoms with E-state index in [9.17, 15) is 21.6 Å². The maximum absolute atomic E-state index is 12.5. The van der Waals surface area contributed by atoms with Gasteiger partial charge in [-0.05, 0) is 12.1 Å². The average molecular weight is 226 g/mol. The second-order valence-electron chi connectivity index (χ2n) is 2.37. The molecule has 1 aromatic heterocycles. The Hall–Kier alpha value is -1.15. The van der Waals surface area contributed by atoms with Gasteiger partial charge in [-0.1, -0.05) is 0 Å². The van der Waals surface area contributed by atoms with Crippen molar-refractivity contribution in [3.05, 3.63) is 23.6 Å². The van der Waals surface area contributed by atoms with Crippen LogP contribution in [0.3, 0.4) is 0 Å². The third-order valence-electron chi connectivity index (χ3n) is 1.36. The molecule has 4 nitrogen and oxygen atoms in total. The number of aromatic nitrogens is 1. The van der Waals surface area contributed by atoms with Gasteiger partial charge >= 0.3 is 0 Å². The molecule has 0 aliphatic heterocycles. The van der Waals surface area contributed by atoms with Gasteiger partial charge in [0.2, 0.25) is 5.95 Å². The summed E-state index contributed by atoms with van der Waals surface area (Å²) in [4.78, 5) is 2.81. The lowest BCUT2D eigenvalue weighted by atomic mass is 10.3. The third-order valence-corrected chi connectivity index (χ3v) is 2.23. The molecule has 0 saturated carbocycles. The quantitative estimate of drug-likeness (QED) is 0.758. The van der Waals surface area contributed by atoms with Crippen molar-refractivity contribution in [2.45, 2.75) is 11.5 Å². The number of hydrogen-bond donors (Lipinski definition) is 1. The lowest BCUT2D eigenvalue weighted by molar-refractivity contribution is 0.146. The van der Waals surface area contributed by atoms with Crippen molar-refractivity contribution < 1.29 is 21.6 Å². The van der Waals surface area contributed by atoms with E-state index in [0.717, 1.165) is 0 Å². The second kappa shape index (κ2) is 3.54. The molecule has 0 unspecified atom stereocenters. The molecule has 0 aliphatic carbocycles. The highest BCUT2D eigenvalue weighted by Gasteiger charge is 2.22. The van der Waals surface area contributed by atoms with E-state index in [2.05, 4.69) is 10.1 Å². The van der Waals surface area contributed by atoms with Crippen LogP contribution >= 0.6 is 0 Å². The first-order valence-corrected chi connectivity index (χ1v) is 4.84. The Labute approximate surface area is 77.6 Å². The number of primary sulfonamides is 1. The molecule has 0 spiro atoms. The van der Waals surface area contributed by atoms with Gasteiger partial charge in [-0.2, -0.15) is 4.39 Å². The minimum atomic E-state index is -4.43. The molecule has 2 N–H and O–H groups in total. The van der Waals surface area contributed by atoms with Gasteiger partial charge < -0.3 is 0 Å². The minimum Gasteiger partial charge on any atom is -0.223 e. The summed E-state index contributed by atoms with van der Waals surface area (Å²) in [6.07, 6.45) is -3.07. The highest BCUT2D eigenvalue weighted by molar-refractivity contribution is 7.89. The highest BCUT2D eigenvalue weighted by atomic mass is 32.2. The molecule has 0 amide bonds. The van der Waals surface area contributed by atoms with Gasteiger partial charge in [-0.25, -0.2) is 27.3 Å². The van der Waals surface area contributed by atoms with Crippen molar-refractivity contribution in [2.75, 3.05) is 0 Å². The Morgan fingerprint density at radius 3 is 2.36 bits per heavy atom. The molecule has 8 heteroatoms. The highest BCUT2D eigenvalue weighted by Crippen LogP contribution is 2.23. The standard InChI is InChI=1S/C6H5F3N2O2S/c7-4-2-1-3(5(8)9)6(11-4)14(10,12)13/h1-2,5H,(H2,10,12,13). The number of halogens is 3. The maximum Gasteiger partial charge on any atom is 0.266 e. The van der Waals surface area contributed by atoms with Crippen LogP contribution in [0.1, 0.15) is 12.0 Å². The molecule has 0 saturated heterocycles. The van der Waals surface area contributed by atoms with Gasteiger partial charge in [-0.3, -0.25) is 0 Å². The average Bonchev–Trinajstić information content (AvgIpc) is 2.01. The Balaban J connectivity index is 3.46. The summed E-state index contributed by atoms with van der Waals surface area (Å²) in [6.45, 7) is 0. The molecule has 0 bridgehead atoms. The summed E-state index contributed by atoms with van der Waals surface area (Å²) in [5, 5.41) is 3.44. The number of nitrogens with two attached hydrogens (primary N) is 1. The molecular formula is C6H5F3N2O2S. The lowest BCUT2D eigenvalue weighted by Gasteiger charge is -2.04. The maximum atomic E-state index is 12.5. The molecule has 0 aromatic carbocycles. The van der Waals surface area contributed by atoms with Crippen LogP contribution in [-0.4, -0.2) is 13.4 Å². The third kappa shape index (κ3) is 2.20. The van der Waals surface area contributed by atoms with Gasteiger partial charge in [0.25, 0.3) is 16.4 Å². The minimum absolute atomic E-state index is 0.632. The van der Waals surface area contributed by atoms with Gasteiger partial charge in [-0.15, -0.1) is 0 Å². The Morgan fingerprint density at radius 2 is 1.93 bits per heavy atom. The number of sulfonamides is 1. The number of alkyl halides is 2. The fourth-order valence-electron chi connectivity index (χ4n) is 0.823. The van der Waals surface area contributed by atoms with Crippen LogP contribution in [0.2, 0.25) is 0 Å². The SMILES string of the molecule is NS(=O)(=O)c1nc(F)ccc1C(F)F. The molecule has 78 valence electrons. The summed E-state index contributed by atoms with van der Waals surface area (Å²) in [5.41, 5.74) is -0.908. The van der Waals surface area contributed by atoms with Crippen molar-refractivity contribution in [3.8, 4) is 0 Å². The second-order valence-corrected chi connectivity index (χ2v) is 3.85. The predicted octanol–water partition coefficient (Wildman–Crippen LogP) is 0.806. The predicted molar refractivity (Wildman–Crippen MR) is 40.5 cm³/mol. The summed E-state index contributed by atoms with van der Waals surface area (Å²) in [5.74, 6) is -1.18. The van der Waals surface area contributed by atoms with E-state index in [1.54, 1.807) is 0 Å². The summed E-state index contributed by atoms with van der Waals surface area (Å²) >= 11 is 0. The fraction of sp³-hybridized carbons (Fsp3) is 0.167. The zero-order valence-corrected chi connectivity index (χ0v) is 7.43. The largest absolute Gasteiger partial charge is 0.266 e. The monoisotopic (exact) mass is 226 g/mol. The lowest BCUT2D eigenvalue weighted by Crippen LogP contribution is -2.17. The molecule has 1 rings (SSSR count).